The molecule has 0 saturated heterocycles. The lowest BCUT2D eigenvalue weighted by molar-refractivity contribution is 0.0981. The molecule has 0 saturated carbocycles. The molecule has 0 bridgehead atoms. The summed E-state index contributed by atoms with van der Waals surface area (Å²) in [4.78, 5) is 18.8. The van der Waals surface area contributed by atoms with Gasteiger partial charge in [0.1, 0.15) is 11.5 Å². The Morgan fingerprint density at radius 2 is 1.73 bits per heavy atom. The molecular formula is C34H32ClN3O5S. The number of pyridine rings is 1. The van der Waals surface area contributed by atoms with Gasteiger partial charge in [-0.15, -0.1) is 0 Å². The number of halogens is 1. The Labute approximate surface area is 262 Å². The van der Waals surface area contributed by atoms with E-state index in [4.69, 9.17) is 16.3 Å². The van der Waals surface area contributed by atoms with Crippen molar-refractivity contribution in [3.63, 3.8) is 0 Å². The average molecular weight is 630 g/mol. The van der Waals surface area contributed by atoms with Crippen LogP contribution in [0.3, 0.4) is 0 Å². The van der Waals surface area contributed by atoms with E-state index in [1.165, 1.54) is 17.7 Å². The number of carbonyl (C=O) groups excluding carboxylic acids is 1. The summed E-state index contributed by atoms with van der Waals surface area (Å²) in [6.45, 7) is 1.90. The molecule has 1 heterocycles. The zero-order valence-electron chi connectivity index (χ0n) is 24.1. The van der Waals surface area contributed by atoms with Crippen molar-refractivity contribution in [3.8, 4) is 11.5 Å². The number of nitrogens with zero attached hydrogens (tertiary/aromatic N) is 2. The third-order valence-corrected chi connectivity index (χ3v) is 7.82. The number of sulfonamides is 1. The Balaban J connectivity index is 1.25. The highest BCUT2D eigenvalue weighted by Gasteiger charge is 2.16. The van der Waals surface area contributed by atoms with Gasteiger partial charge in [-0.3, -0.25) is 14.7 Å². The fourth-order valence-electron chi connectivity index (χ4n) is 4.86. The van der Waals surface area contributed by atoms with E-state index in [0.717, 1.165) is 30.3 Å². The van der Waals surface area contributed by atoms with Crippen LogP contribution < -0.4 is 9.46 Å². The third kappa shape index (κ3) is 8.64. The van der Waals surface area contributed by atoms with Crippen LogP contribution in [-0.4, -0.2) is 48.7 Å². The number of fused-ring (bicyclic) bond motifs is 1. The highest BCUT2D eigenvalue weighted by molar-refractivity contribution is 7.89. The molecule has 44 heavy (non-hydrogen) atoms. The van der Waals surface area contributed by atoms with Crippen molar-refractivity contribution in [2.24, 2.45) is 0 Å². The topological polar surface area (TPSA) is 109 Å². The van der Waals surface area contributed by atoms with E-state index in [2.05, 4.69) is 22.0 Å². The summed E-state index contributed by atoms with van der Waals surface area (Å²) in [6.07, 6.45) is 2.60. The van der Waals surface area contributed by atoms with Gasteiger partial charge in [0.25, 0.3) is 5.91 Å². The number of aromatic nitrogens is 1. The third-order valence-electron chi connectivity index (χ3n) is 7.02. The maximum Gasteiger partial charge on any atom is 0.264 e. The van der Waals surface area contributed by atoms with Gasteiger partial charge in [-0.1, -0.05) is 66.2 Å². The molecule has 2 N–H and O–H groups in total. The van der Waals surface area contributed by atoms with Gasteiger partial charge in [0.05, 0.1) is 17.9 Å². The molecule has 0 aliphatic heterocycles. The molecule has 0 aliphatic rings. The van der Waals surface area contributed by atoms with E-state index in [9.17, 15) is 18.3 Å². The van der Waals surface area contributed by atoms with Gasteiger partial charge in [0.15, 0.2) is 0 Å². The first-order valence-electron chi connectivity index (χ1n) is 14.0. The summed E-state index contributed by atoms with van der Waals surface area (Å²) < 4.78 is 31.0. The first-order valence-corrected chi connectivity index (χ1v) is 16.3. The van der Waals surface area contributed by atoms with Crippen molar-refractivity contribution in [3.05, 3.63) is 137 Å². The number of ether oxygens (including phenoxy) is 1. The van der Waals surface area contributed by atoms with Crippen molar-refractivity contribution in [2.45, 2.75) is 19.1 Å². The minimum Gasteiger partial charge on any atom is -0.457 e. The number of benzene rings is 4. The summed E-state index contributed by atoms with van der Waals surface area (Å²) in [6, 6.07) is 31.8. The number of aliphatic hydroxyl groups excluding tert-OH is 1. The maximum atomic E-state index is 12.3. The number of rotatable bonds is 12. The molecule has 8 nitrogen and oxygen atoms in total. The van der Waals surface area contributed by atoms with E-state index in [1.54, 1.807) is 30.5 Å². The van der Waals surface area contributed by atoms with E-state index in [-0.39, 0.29) is 5.56 Å². The molecule has 0 unspecified atom stereocenters. The standard InChI is InChI=1S/C34H32ClN3O5S/c1-44(41,42)37-34(40)27-12-15-30-31(21-27)36-18-16-33(30)43-29-13-10-24(11-14-29)17-19-38(22-25-6-3-2-4-7-25)23-32(39)26-8-5-9-28(35)20-26/h2-16,18,20-21,32,39H,17,19,22-23H2,1H3,(H,37,40)/t32-/m0/s1. The van der Waals surface area contributed by atoms with Gasteiger partial charge < -0.3 is 9.84 Å². The number of hydrogen-bond donors (Lipinski definition) is 2. The van der Waals surface area contributed by atoms with Gasteiger partial charge in [0.2, 0.25) is 10.0 Å². The molecule has 5 rings (SSSR count). The minimum absolute atomic E-state index is 0.179. The van der Waals surface area contributed by atoms with Crippen LogP contribution in [-0.2, 0) is 23.0 Å². The predicted octanol–water partition coefficient (Wildman–Crippen LogP) is 6.15. The average Bonchev–Trinajstić information content (AvgIpc) is 3.00. The zero-order chi connectivity index (χ0) is 31.1. The zero-order valence-corrected chi connectivity index (χ0v) is 25.6. The molecule has 1 aromatic heterocycles. The number of aliphatic hydroxyl groups is 1. The van der Waals surface area contributed by atoms with Crippen molar-refractivity contribution >= 4 is 38.4 Å². The Bertz CT molecular complexity index is 1850. The largest absolute Gasteiger partial charge is 0.457 e. The fourth-order valence-corrected chi connectivity index (χ4v) is 5.51. The second-order valence-electron chi connectivity index (χ2n) is 10.5. The normalized spacial score (nSPS) is 12.3. The molecule has 4 aromatic carbocycles. The van der Waals surface area contributed by atoms with Crippen molar-refractivity contribution < 1.29 is 23.1 Å². The number of amides is 1. The Morgan fingerprint density at radius 1 is 0.955 bits per heavy atom. The summed E-state index contributed by atoms with van der Waals surface area (Å²) in [5.41, 5.74) is 3.75. The van der Waals surface area contributed by atoms with Crippen LogP contribution >= 0.6 is 11.6 Å². The smallest absolute Gasteiger partial charge is 0.264 e. The van der Waals surface area contributed by atoms with Crippen LogP contribution in [0.2, 0.25) is 5.02 Å². The molecule has 1 atom stereocenters. The molecule has 0 aliphatic carbocycles. The lowest BCUT2D eigenvalue weighted by Crippen LogP contribution is -2.30. The van der Waals surface area contributed by atoms with Gasteiger partial charge in [-0.2, -0.15) is 0 Å². The van der Waals surface area contributed by atoms with E-state index >= 15 is 0 Å². The maximum absolute atomic E-state index is 12.3. The SMILES string of the molecule is CS(=O)(=O)NC(=O)c1ccc2c(Oc3ccc(CCN(Cc4ccccc4)C[C@H](O)c4cccc(Cl)c4)cc3)ccnc2c1. The summed E-state index contributed by atoms with van der Waals surface area (Å²) >= 11 is 6.15. The number of nitrogens with one attached hydrogen (secondary N) is 1. The summed E-state index contributed by atoms with van der Waals surface area (Å²) in [5.74, 6) is 0.471. The Kier molecular flexibility index (Phi) is 9.92. The highest BCUT2D eigenvalue weighted by Crippen LogP contribution is 2.30. The molecule has 10 heteroatoms. The lowest BCUT2D eigenvalue weighted by atomic mass is 10.1. The van der Waals surface area contributed by atoms with Crippen LogP contribution in [0, 0.1) is 0 Å². The highest BCUT2D eigenvalue weighted by atomic mass is 35.5. The Morgan fingerprint density at radius 3 is 2.45 bits per heavy atom. The van der Waals surface area contributed by atoms with E-state index in [1.807, 2.05) is 59.3 Å². The molecule has 1 amide bonds. The van der Waals surface area contributed by atoms with Gasteiger partial charge in [-0.05, 0) is 71.6 Å². The fraction of sp³-hybridized carbons (Fsp3) is 0.176. The number of carbonyl (C=O) groups is 1. The molecule has 0 fully saturated rings. The van der Waals surface area contributed by atoms with Crippen LogP contribution in [0.15, 0.2) is 109 Å². The van der Waals surface area contributed by atoms with Crippen LogP contribution in [0.1, 0.15) is 33.2 Å². The first-order chi connectivity index (χ1) is 21.1. The minimum atomic E-state index is -3.68. The monoisotopic (exact) mass is 629 g/mol. The molecule has 226 valence electrons. The molecule has 0 radical (unpaired) electrons. The lowest BCUT2D eigenvalue weighted by Gasteiger charge is -2.25. The van der Waals surface area contributed by atoms with Gasteiger partial charge >= 0.3 is 0 Å². The van der Waals surface area contributed by atoms with E-state index < -0.39 is 22.0 Å². The number of hydrogen-bond acceptors (Lipinski definition) is 7. The quantitative estimate of drug-likeness (QED) is 0.170. The van der Waals surface area contributed by atoms with Crippen molar-refractivity contribution in [1.82, 2.24) is 14.6 Å². The van der Waals surface area contributed by atoms with Crippen LogP contribution in [0.25, 0.3) is 10.9 Å². The van der Waals surface area contributed by atoms with Gasteiger partial charge in [-0.25, -0.2) is 13.1 Å². The molecule has 5 aromatic rings. The van der Waals surface area contributed by atoms with Crippen LogP contribution in [0.5, 0.6) is 11.5 Å². The summed E-state index contributed by atoms with van der Waals surface area (Å²) in [5, 5.41) is 12.2. The predicted molar refractivity (Wildman–Crippen MR) is 172 cm³/mol. The van der Waals surface area contributed by atoms with Crippen molar-refractivity contribution in [1.29, 1.82) is 0 Å². The van der Waals surface area contributed by atoms with Gasteiger partial charge in [0, 0.05) is 41.8 Å². The van der Waals surface area contributed by atoms with E-state index in [0.29, 0.717) is 40.5 Å². The first kappa shape index (κ1) is 31.2. The van der Waals surface area contributed by atoms with Crippen LogP contribution in [0.4, 0.5) is 0 Å². The second kappa shape index (κ2) is 14.0. The Hall–Kier alpha value is -4.28. The second-order valence-corrected chi connectivity index (χ2v) is 12.7. The molecule has 0 spiro atoms. The molecular weight excluding hydrogens is 598 g/mol. The summed E-state index contributed by atoms with van der Waals surface area (Å²) in [7, 11) is -3.68. The van der Waals surface area contributed by atoms with Crippen molar-refractivity contribution in [2.75, 3.05) is 19.3 Å².